The number of carbonyl (C=O) groups is 1. The number of rotatable bonds is 4. The summed E-state index contributed by atoms with van der Waals surface area (Å²) in [5.41, 5.74) is 3.64. The molecule has 1 fully saturated rings. The third-order valence-electron chi connectivity index (χ3n) is 4.57. The summed E-state index contributed by atoms with van der Waals surface area (Å²) in [6.45, 7) is 6.26. The molecule has 1 N–H and O–H groups in total. The topological polar surface area (TPSA) is 69.3 Å². The van der Waals surface area contributed by atoms with Crippen LogP contribution in [0.4, 0.5) is 5.69 Å². The molecule has 1 aliphatic rings. The van der Waals surface area contributed by atoms with E-state index in [2.05, 4.69) is 29.3 Å². The van der Waals surface area contributed by atoms with Gasteiger partial charge < -0.3 is 9.80 Å². The van der Waals surface area contributed by atoms with Crippen molar-refractivity contribution in [2.75, 3.05) is 24.5 Å². The van der Waals surface area contributed by atoms with Crippen LogP contribution in [0.2, 0.25) is 0 Å². The lowest BCUT2D eigenvalue weighted by atomic mass is 10.1. The zero-order valence-corrected chi connectivity index (χ0v) is 14.1. The molecule has 2 aromatic rings. The van der Waals surface area contributed by atoms with Gasteiger partial charge in [0.2, 0.25) is 5.91 Å². The molecular weight excluding hydrogens is 304 g/mol. The lowest BCUT2D eigenvalue weighted by Gasteiger charge is -2.36. The van der Waals surface area contributed by atoms with E-state index in [9.17, 15) is 9.59 Å². The van der Waals surface area contributed by atoms with Crippen LogP contribution >= 0.6 is 0 Å². The van der Waals surface area contributed by atoms with Crippen LogP contribution in [0, 0.1) is 6.92 Å². The van der Waals surface area contributed by atoms with Crippen LogP contribution in [0.25, 0.3) is 0 Å². The normalized spacial score (nSPS) is 15.0. The molecular formula is C18H22N4O2. The van der Waals surface area contributed by atoms with Gasteiger partial charge in [-0.3, -0.25) is 9.59 Å². The van der Waals surface area contributed by atoms with E-state index in [4.69, 9.17) is 0 Å². The first-order valence-corrected chi connectivity index (χ1v) is 8.24. The van der Waals surface area contributed by atoms with Crippen LogP contribution in [0.1, 0.15) is 23.6 Å². The summed E-state index contributed by atoms with van der Waals surface area (Å²) in [5, 5.41) is 6.35. The molecule has 1 aliphatic heterocycles. The van der Waals surface area contributed by atoms with Crippen molar-refractivity contribution < 1.29 is 4.79 Å². The summed E-state index contributed by atoms with van der Waals surface area (Å²) in [7, 11) is 0. The number of aromatic amines is 1. The molecule has 0 radical (unpaired) electrons. The fourth-order valence-electron chi connectivity index (χ4n) is 3.10. The number of amides is 1. The average Bonchev–Trinajstić information content (AvgIpc) is 2.58. The van der Waals surface area contributed by atoms with Gasteiger partial charge in [0, 0.05) is 25.2 Å². The molecule has 1 amide bonds. The van der Waals surface area contributed by atoms with Crippen LogP contribution in [0.15, 0.2) is 35.3 Å². The number of hydrogen-bond donors (Lipinski definition) is 1. The van der Waals surface area contributed by atoms with Crippen molar-refractivity contribution in [3.63, 3.8) is 0 Å². The second-order valence-electron chi connectivity index (χ2n) is 6.08. The highest BCUT2D eigenvalue weighted by molar-refractivity contribution is 5.83. The minimum absolute atomic E-state index is 0.0758. The highest BCUT2D eigenvalue weighted by Crippen LogP contribution is 2.20. The highest BCUT2D eigenvalue weighted by Gasteiger charge is 2.26. The van der Waals surface area contributed by atoms with E-state index in [1.54, 1.807) is 6.20 Å². The number of aryl methyl sites for hydroxylation is 1. The predicted molar refractivity (Wildman–Crippen MR) is 93.0 cm³/mol. The quantitative estimate of drug-likeness (QED) is 0.924. The van der Waals surface area contributed by atoms with Gasteiger partial charge in [0.25, 0.3) is 5.56 Å². The molecule has 6 nitrogen and oxygen atoms in total. The largest absolute Gasteiger partial charge is 0.359 e. The molecule has 126 valence electrons. The maximum Gasteiger partial charge on any atom is 0.269 e. The van der Waals surface area contributed by atoms with Crippen LogP contribution in [-0.4, -0.2) is 40.6 Å². The van der Waals surface area contributed by atoms with Gasteiger partial charge in [-0.25, -0.2) is 5.10 Å². The predicted octanol–water partition coefficient (Wildman–Crippen LogP) is 1.49. The molecule has 2 heterocycles. The Morgan fingerprint density at radius 2 is 2.00 bits per heavy atom. The van der Waals surface area contributed by atoms with E-state index in [-0.39, 0.29) is 18.0 Å². The summed E-state index contributed by atoms with van der Waals surface area (Å²) in [5.74, 6) is 0.0758. The zero-order valence-electron chi connectivity index (χ0n) is 14.1. The monoisotopic (exact) mass is 326 g/mol. The van der Waals surface area contributed by atoms with Gasteiger partial charge in [-0.05, 0) is 24.5 Å². The number of carbonyl (C=O) groups excluding carboxylic acids is 1. The summed E-state index contributed by atoms with van der Waals surface area (Å²) < 4.78 is 0. The van der Waals surface area contributed by atoms with Gasteiger partial charge in [-0.1, -0.05) is 31.2 Å². The van der Waals surface area contributed by atoms with E-state index in [1.807, 2.05) is 28.9 Å². The maximum absolute atomic E-state index is 12.6. The van der Waals surface area contributed by atoms with Gasteiger partial charge in [-0.2, -0.15) is 5.10 Å². The summed E-state index contributed by atoms with van der Waals surface area (Å²) >= 11 is 0. The molecule has 1 aromatic heterocycles. The molecule has 24 heavy (non-hydrogen) atoms. The second-order valence-corrected chi connectivity index (χ2v) is 6.08. The molecule has 0 aliphatic carbocycles. The summed E-state index contributed by atoms with van der Waals surface area (Å²) in [6, 6.07) is 8.12. The molecule has 1 saturated heterocycles. The van der Waals surface area contributed by atoms with Gasteiger partial charge in [0.15, 0.2) is 0 Å². The number of piperazine rings is 1. The molecule has 0 atom stereocenters. The highest BCUT2D eigenvalue weighted by atomic mass is 16.2. The minimum atomic E-state index is -0.176. The standard InChI is InChI=1S/C18H22N4O2/c1-3-15-16(10-19-20-18(15)24)21-8-9-22(17(23)12-21)11-14-7-5-4-6-13(14)2/h4-7,10H,3,8-9,11-12H2,1-2H3,(H,20,24). The summed E-state index contributed by atoms with van der Waals surface area (Å²) in [6.07, 6.45) is 2.26. The summed E-state index contributed by atoms with van der Waals surface area (Å²) in [4.78, 5) is 28.3. The Morgan fingerprint density at radius 1 is 1.21 bits per heavy atom. The van der Waals surface area contributed by atoms with Gasteiger partial charge in [0.1, 0.15) is 0 Å². The van der Waals surface area contributed by atoms with E-state index >= 15 is 0 Å². The van der Waals surface area contributed by atoms with Crippen molar-refractivity contribution in [2.24, 2.45) is 0 Å². The molecule has 0 unspecified atom stereocenters. The third-order valence-corrected chi connectivity index (χ3v) is 4.57. The van der Waals surface area contributed by atoms with Crippen LogP contribution in [0.5, 0.6) is 0 Å². The Balaban J connectivity index is 1.74. The number of anilines is 1. The van der Waals surface area contributed by atoms with Crippen molar-refractivity contribution in [3.8, 4) is 0 Å². The molecule has 0 bridgehead atoms. The van der Waals surface area contributed by atoms with E-state index in [1.165, 1.54) is 11.1 Å². The Morgan fingerprint density at radius 3 is 2.71 bits per heavy atom. The molecule has 3 rings (SSSR count). The van der Waals surface area contributed by atoms with Crippen molar-refractivity contribution in [1.82, 2.24) is 15.1 Å². The average molecular weight is 326 g/mol. The molecule has 6 heteroatoms. The lowest BCUT2D eigenvalue weighted by molar-refractivity contribution is -0.131. The third kappa shape index (κ3) is 3.18. The van der Waals surface area contributed by atoms with Crippen molar-refractivity contribution in [3.05, 3.63) is 57.5 Å². The van der Waals surface area contributed by atoms with Gasteiger partial charge in [-0.15, -0.1) is 0 Å². The Labute approximate surface area is 141 Å². The molecule has 0 saturated carbocycles. The fraction of sp³-hybridized carbons (Fsp3) is 0.389. The molecule has 0 spiro atoms. The van der Waals surface area contributed by atoms with Crippen molar-refractivity contribution in [1.29, 1.82) is 0 Å². The van der Waals surface area contributed by atoms with Crippen molar-refractivity contribution in [2.45, 2.75) is 26.8 Å². The van der Waals surface area contributed by atoms with Crippen LogP contribution in [0.3, 0.4) is 0 Å². The Kier molecular flexibility index (Phi) is 4.64. The number of nitrogens with zero attached hydrogens (tertiary/aromatic N) is 3. The smallest absolute Gasteiger partial charge is 0.269 e. The number of hydrogen-bond acceptors (Lipinski definition) is 4. The Hall–Kier alpha value is -2.63. The van der Waals surface area contributed by atoms with E-state index < -0.39 is 0 Å². The molecule has 1 aromatic carbocycles. The van der Waals surface area contributed by atoms with Crippen molar-refractivity contribution >= 4 is 11.6 Å². The first-order chi connectivity index (χ1) is 11.6. The number of benzene rings is 1. The zero-order chi connectivity index (χ0) is 17.1. The van der Waals surface area contributed by atoms with Gasteiger partial charge >= 0.3 is 0 Å². The fourth-order valence-corrected chi connectivity index (χ4v) is 3.10. The van der Waals surface area contributed by atoms with E-state index in [0.29, 0.717) is 31.6 Å². The number of aromatic nitrogens is 2. The Bertz CT molecular complexity index is 800. The van der Waals surface area contributed by atoms with Crippen LogP contribution < -0.4 is 10.5 Å². The minimum Gasteiger partial charge on any atom is -0.359 e. The number of nitrogens with one attached hydrogen (secondary N) is 1. The van der Waals surface area contributed by atoms with Crippen LogP contribution in [-0.2, 0) is 17.8 Å². The second kappa shape index (κ2) is 6.86. The first-order valence-electron chi connectivity index (χ1n) is 8.24. The first kappa shape index (κ1) is 16.2. The van der Waals surface area contributed by atoms with Gasteiger partial charge in [0.05, 0.1) is 18.4 Å². The SMILES string of the molecule is CCc1c(N2CCN(Cc3ccccc3C)C(=O)C2)cn[nH]c1=O. The maximum atomic E-state index is 12.6. The lowest BCUT2D eigenvalue weighted by Crippen LogP contribution is -2.50. The number of H-pyrrole nitrogens is 1. The van der Waals surface area contributed by atoms with E-state index in [0.717, 1.165) is 5.69 Å².